The molecule has 0 aliphatic carbocycles. The molecule has 0 unspecified atom stereocenters. The normalized spacial score (nSPS) is 9.75. The Morgan fingerprint density at radius 2 is 2.58 bits per heavy atom. The summed E-state index contributed by atoms with van der Waals surface area (Å²) in [6.45, 7) is 2.15. The molecule has 0 radical (unpaired) electrons. The number of rotatable bonds is 3. The zero-order valence-corrected chi connectivity index (χ0v) is 6.66. The lowest BCUT2D eigenvalue weighted by Gasteiger charge is -2.00. The maximum absolute atomic E-state index is 11.1. The Bertz CT molecular complexity index is 269. The highest BCUT2D eigenvalue weighted by Crippen LogP contribution is 2.11. The van der Waals surface area contributed by atoms with E-state index in [-0.39, 0.29) is 5.76 Å². The van der Waals surface area contributed by atoms with Crippen molar-refractivity contribution in [3.8, 4) is 0 Å². The van der Waals surface area contributed by atoms with Gasteiger partial charge in [-0.15, -0.1) is 0 Å². The van der Waals surface area contributed by atoms with Gasteiger partial charge in [0, 0.05) is 6.07 Å². The first-order valence-electron chi connectivity index (χ1n) is 3.50. The van der Waals surface area contributed by atoms with Gasteiger partial charge in [0.1, 0.15) is 0 Å². The van der Waals surface area contributed by atoms with Gasteiger partial charge >= 0.3 is 5.91 Å². The van der Waals surface area contributed by atoms with Crippen LogP contribution in [0.5, 0.6) is 0 Å². The van der Waals surface area contributed by atoms with Crippen LogP contribution in [0, 0.1) is 0 Å². The number of nitrogens with two attached hydrogens (primary N) is 1. The third kappa shape index (κ3) is 1.76. The van der Waals surface area contributed by atoms with E-state index in [4.69, 9.17) is 10.2 Å². The van der Waals surface area contributed by atoms with Crippen molar-refractivity contribution in [2.24, 2.45) is 0 Å². The number of hydroxylamine groups is 1. The zero-order valence-electron chi connectivity index (χ0n) is 6.66. The molecule has 0 aromatic carbocycles. The van der Waals surface area contributed by atoms with Crippen LogP contribution in [0.3, 0.4) is 0 Å². The first-order valence-corrected chi connectivity index (χ1v) is 3.50. The third-order valence-electron chi connectivity index (χ3n) is 1.21. The molecule has 0 bridgehead atoms. The fraction of sp³-hybridized carbons (Fsp3) is 0.286. The Kier molecular flexibility index (Phi) is 2.71. The van der Waals surface area contributed by atoms with Gasteiger partial charge in [0.25, 0.3) is 0 Å². The quantitative estimate of drug-likeness (QED) is 0.649. The number of nitrogen functional groups attached to an aromatic ring is 1. The van der Waals surface area contributed by atoms with E-state index in [0.717, 1.165) is 0 Å². The molecule has 0 spiro atoms. The van der Waals surface area contributed by atoms with E-state index >= 15 is 0 Å². The molecule has 1 rings (SSSR count). The molecule has 1 aromatic heterocycles. The predicted molar refractivity (Wildman–Crippen MR) is 42.2 cm³/mol. The molecule has 1 aromatic rings. The summed E-state index contributed by atoms with van der Waals surface area (Å²) in [4.78, 5) is 15.7. The van der Waals surface area contributed by atoms with Gasteiger partial charge in [0.05, 0.1) is 18.6 Å². The third-order valence-corrected chi connectivity index (χ3v) is 1.21. The smallest absolute Gasteiger partial charge is 0.312 e. The van der Waals surface area contributed by atoms with Crippen LogP contribution < -0.4 is 11.2 Å². The molecule has 5 nitrogen and oxygen atoms in total. The van der Waals surface area contributed by atoms with Crippen LogP contribution in [0.15, 0.2) is 16.7 Å². The second kappa shape index (κ2) is 3.77. The molecule has 0 saturated heterocycles. The first kappa shape index (κ1) is 8.61. The molecule has 0 fully saturated rings. The van der Waals surface area contributed by atoms with E-state index in [1.54, 1.807) is 6.92 Å². The fourth-order valence-electron chi connectivity index (χ4n) is 0.688. The van der Waals surface area contributed by atoms with Crippen molar-refractivity contribution in [1.82, 2.24) is 5.48 Å². The summed E-state index contributed by atoms with van der Waals surface area (Å²) in [5, 5.41) is 0. The predicted octanol–water partition coefficient (Wildman–Crippen LogP) is 0.543. The minimum absolute atomic E-state index is 0.0726. The average Bonchev–Trinajstić information content (AvgIpc) is 2.47. The second-order valence-electron chi connectivity index (χ2n) is 2.07. The standard InChI is InChI=1S/C7H10N2O3/c1-2-12-9-7(10)6-5(8)3-4-11-6/h3-4H,2,8H2,1H3,(H,9,10). The fourth-order valence-corrected chi connectivity index (χ4v) is 0.688. The molecule has 66 valence electrons. The summed E-state index contributed by atoms with van der Waals surface area (Å²) in [5.41, 5.74) is 7.86. The Balaban J connectivity index is 2.59. The van der Waals surface area contributed by atoms with E-state index in [9.17, 15) is 4.79 Å². The Hall–Kier alpha value is -1.49. The van der Waals surface area contributed by atoms with Crippen LogP contribution >= 0.6 is 0 Å². The summed E-state index contributed by atoms with van der Waals surface area (Å²) in [7, 11) is 0. The summed E-state index contributed by atoms with van der Waals surface area (Å²) in [6.07, 6.45) is 1.34. The van der Waals surface area contributed by atoms with Gasteiger partial charge in [-0.2, -0.15) is 0 Å². The van der Waals surface area contributed by atoms with Gasteiger partial charge in [-0.05, 0) is 6.92 Å². The van der Waals surface area contributed by atoms with E-state index in [1.807, 2.05) is 0 Å². The van der Waals surface area contributed by atoms with Crippen LogP contribution in [-0.2, 0) is 4.84 Å². The molecule has 12 heavy (non-hydrogen) atoms. The minimum atomic E-state index is -0.473. The number of hydrogen-bond donors (Lipinski definition) is 2. The van der Waals surface area contributed by atoms with Gasteiger partial charge in [-0.1, -0.05) is 0 Å². The molecule has 0 saturated carbocycles. The molecule has 1 heterocycles. The topological polar surface area (TPSA) is 77.5 Å². The van der Waals surface area contributed by atoms with Crippen molar-refractivity contribution in [3.05, 3.63) is 18.1 Å². The number of nitrogens with one attached hydrogen (secondary N) is 1. The van der Waals surface area contributed by atoms with Crippen molar-refractivity contribution < 1.29 is 14.0 Å². The van der Waals surface area contributed by atoms with Gasteiger partial charge in [0.15, 0.2) is 0 Å². The maximum atomic E-state index is 11.1. The lowest BCUT2D eigenvalue weighted by molar-refractivity contribution is 0.0341. The average molecular weight is 170 g/mol. The monoisotopic (exact) mass is 170 g/mol. The van der Waals surface area contributed by atoms with Crippen LogP contribution in [0.2, 0.25) is 0 Å². The van der Waals surface area contributed by atoms with Crippen molar-refractivity contribution in [2.75, 3.05) is 12.3 Å². The minimum Gasteiger partial charge on any atom is -0.457 e. The Morgan fingerprint density at radius 1 is 1.83 bits per heavy atom. The summed E-state index contributed by atoms with van der Waals surface area (Å²) in [6, 6.07) is 1.50. The largest absolute Gasteiger partial charge is 0.457 e. The second-order valence-corrected chi connectivity index (χ2v) is 2.07. The van der Waals surface area contributed by atoms with Gasteiger partial charge in [-0.3, -0.25) is 9.63 Å². The molecule has 5 heteroatoms. The highest BCUT2D eigenvalue weighted by Gasteiger charge is 2.12. The molecular weight excluding hydrogens is 160 g/mol. The summed E-state index contributed by atoms with van der Waals surface area (Å²) in [5.74, 6) is -0.400. The molecule has 3 N–H and O–H groups in total. The molecular formula is C7H10N2O3. The van der Waals surface area contributed by atoms with E-state index in [2.05, 4.69) is 10.3 Å². The summed E-state index contributed by atoms with van der Waals surface area (Å²) < 4.78 is 4.81. The van der Waals surface area contributed by atoms with Gasteiger partial charge < -0.3 is 10.2 Å². The summed E-state index contributed by atoms with van der Waals surface area (Å²) >= 11 is 0. The highest BCUT2D eigenvalue weighted by atomic mass is 16.7. The number of carbonyl (C=O) groups excluding carboxylic acids is 1. The van der Waals surface area contributed by atoms with Crippen LogP contribution in [0.4, 0.5) is 5.69 Å². The number of carbonyl (C=O) groups is 1. The van der Waals surface area contributed by atoms with Crippen LogP contribution in [0.1, 0.15) is 17.5 Å². The van der Waals surface area contributed by atoms with Crippen molar-refractivity contribution in [1.29, 1.82) is 0 Å². The number of hydrogen-bond acceptors (Lipinski definition) is 4. The van der Waals surface area contributed by atoms with Crippen LogP contribution in [-0.4, -0.2) is 12.5 Å². The molecule has 1 amide bonds. The van der Waals surface area contributed by atoms with Crippen molar-refractivity contribution in [2.45, 2.75) is 6.92 Å². The lowest BCUT2D eigenvalue weighted by atomic mass is 10.4. The van der Waals surface area contributed by atoms with Gasteiger partial charge in [-0.25, -0.2) is 5.48 Å². The highest BCUT2D eigenvalue weighted by molar-refractivity contribution is 5.95. The Labute approximate surface area is 69.4 Å². The molecule has 0 aliphatic heterocycles. The van der Waals surface area contributed by atoms with E-state index in [0.29, 0.717) is 12.3 Å². The lowest BCUT2D eigenvalue weighted by Crippen LogP contribution is -2.23. The van der Waals surface area contributed by atoms with E-state index in [1.165, 1.54) is 12.3 Å². The van der Waals surface area contributed by atoms with Crippen LogP contribution in [0.25, 0.3) is 0 Å². The zero-order chi connectivity index (χ0) is 8.97. The molecule has 0 aliphatic rings. The number of anilines is 1. The maximum Gasteiger partial charge on any atom is 0.312 e. The first-order chi connectivity index (χ1) is 5.75. The SMILES string of the molecule is CCONC(=O)c1occc1N. The number of furan rings is 1. The van der Waals surface area contributed by atoms with Gasteiger partial charge in [0.2, 0.25) is 5.76 Å². The number of amides is 1. The van der Waals surface area contributed by atoms with Crippen molar-refractivity contribution >= 4 is 11.6 Å². The van der Waals surface area contributed by atoms with E-state index < -0.39 is 5.91 Å². The van der Waals surface area contributed by atoms with Crippen molar-refractivity contribution in [3.63, 3.8) is 0 Å². The molecule has 0 atom stereocenters. The Morgan fingerprint density at radius 3 is 3.08 bits per heavy atom.